The van der Waals surface area contributed by atoms with Gasteiger partial charge in [0.25, 0.3) is 5.91 Å². The van der Waals surface area contributed by atoms with Gasteiger partial charge >= 0.3 is 11.9 Å². The van der Waals surface area contributed by atoms with Crippen LogP contribution in [0.5, 0.6) is 0 Å². The van der Waals surface area contributed by atoms with Crippen LogP contribution in [-0.4, -0.2) is 48.4 Å². The van der Waals surface area contributed by atoms with Gasteiger partial charge in [-0.2, -0.15) is 0 Å². The highest BCUT2D eigenvalue weighted by Crippen LogP contribution is 2.21. The summed E-state index contributed by atoms with van der Waals surface area (Å²) in [6.07, 6.45) is 2.29. The molecule has 31 heavy (non-hydrogen) atoms. The van der Waals surface area contributed by atoms with Crippen molar-refractivity contribution in [2.24, 2.45) is 5.92 Å². The third-order valence-electron chi connectivity index (χ3n) is 4.66. The minimum Gasteiger partial charge on any atom is -0.467 e. The standard InChI is InChI=1S/C22H24N2O7/c1-2-9-30-21(27)15-5-7-17(8-6-15)23-19(25)14-31-22(28)16-11-20(26)24(12-16)13-18-4-3-10-29-18/h3-8,10,16H,2,9,11-14H2,1H3,(H,23,25)/t16-/m1/s1. The van der Waals surface area contributed by atoms with Gasteiger partial charge < -0.3 is 24.1 Å². The zero-order chi connectivity index (χ0) is 22.2. The van der Waals surface area contributed by atoms with Crippen LogP contribution in [0.3, 0.4) is 0 Å². The molecule has 1 aromatic heterocycles. The Balaban J connectivity index is 1.42. The smallest absolute Gasteiger partial charge is 0.338 e. The van der Waals surface area contributed by atoms with Gasteiger partial charge in [0.2, 0.25) is 5.91 Å². The molecule has 0 unspecified atom stereocenters. The third kappa shape index (κ3) is 6.18. The summed E-state index contributed by atoms with van der Waals surface area (Å²) in [5, 5.41) is 2.59. The molecule has 3 rings (SSSR count). The Bertz CT molecular complexity index is 922. The molecule has 2 heterocycles. The maximum atomic E-state index is 12.2. The number of carbonyl (C=O) groups excluding carboxylic acids is 4. The van der Waals surface area contributed by atoms with Gasteiger partial charge in [-0.25, -0.2) is 4.79 Å². The zero-order valence-corrected chi connectivity index (χ0v) is 17.2. The number of hydrogen-bond acceptors (Lipinski definition) is 7. The fraction of sp³-hybridized carbons (Fsp3) is 0.364. The topological polar surface area (TPSA) is 115 Å². The monoisotopic (exact) mass is 428 g/mol. The first-order valence-corrected chi connectivity index (χ1v) is 10.00. The molecule has 0 bridgehead atoms. The number of nitrogens with one attached hydrogen (secondary N) is 1. The van der Waals surface area contributed by atoms with Crippen molar-refractivity contribution in [3.05, 3.63) is 54.0 Å². The summed E-state index contributed by atoms with van der Waals surface area (Å²) in [7, 11) is 0. The molecule has 2 aromatic rings. The highest BCUT2D eigenvalue weighted by Gasteiger charge is 2.35. The SMILES string of the molecule is CCCOC(=O)c1ccc(NC(=O)COC(=O)[C@@H]2CC(=O)N(Cc3ccco3)C2)cc1. The van der Waals surface area contributed by atoms with Gasteiger partial charge in [0, 0.05) is 18.7 Å². The number of carbonyl (C=O) groups is 4. The lowest BCUT2D eigenvalue weighted by atomic mass is 10.1. The van der Waals surface area contributed by atoms with Crippen LogP contribution in [0.2, 0.25) is 0 Å². The molecule has 0 spiro atoms. The van der Waals surface area contributed by atoms with Gasteiger partial charge in [-0.1, -0.05) is 6.92 Å². The number of benzene rings is 1. The Kier molecular flexibility index (Phi) is 7.42. The molecule has 0 saturated carbocycles. The van der Waals surface area contributed by atoms with Crippen LogP contribution in [0.4, 0.5) is 5.69 Å². The van der Waals surface area contributed by atoms with Crippen molar-refractivity contribution < 1.29 is 33.1 Å². The largest absolute Gasteiger partial charge is 0.467 e. The quantitative estimate of drug-likeness (QED) is 0.610. The summed E-state index contributed by atoms with van der Waals surface area (Å²) in [5.41, 5.74) is 0.830. The molecular formula is C22H24N2O7. The van der Waals surface area contributed by atoms with Gasteiger partial charge in [-0.05, 0) is 42.8 Å². The second kappa shape index (κ2) is 10.4. The Hall–Kier alpha value is -3.62. The summed E-state index contributed by atoms with van der Waals surface area (Å²) >= 11 is 0. The van der Waals surface area contributed by atoms with Crippen LogP contribution >= 0.6 is 0 Å². The van der Waals surface area contributed by atoms with E-state index in [0.717, 1.165) is 6.42 Å². The molecule has 1 N–H and O–H groups in total. The van der Waals surface area contributed by atoms with Crippen LogP contribution in [-0.2, 0) is 30.4 Å². The normalized spacial score (nSPS) is 15.6. The summed E-state index contributed by atoms with van der Waals surface area (Å²) in [6, 6.07) is 9.68. The number of amides is 2. The predicted molar refractivity (Wildman–Crippen MR) is 109 cm³/mol. The van der Waals surface area contributed by atoms with Crippen LogP contribution in [0.15, 0.2) is 47.1 Å². The summed E-state index contributed by atoms with van der Waals surface area (Å²) < 4.78 is 15.3. The van der Waals surface area contributed by atoms with Gasteiger partial charge in [-0.3, -0.25) is 14.4 Å². The van der Waals surface area contributed by atoms with E-state index in [1.807, 2.05) is 6.92 Å². The fourth-order valence-corrected chi connectivity index (χ4v) is 3.09. The first-order chi connectivity index (χ1) is 15.0. The average Bonchev–Trinajstić information content (AvgIpc) is 3.41. The van der Waals surface area contributed by atoms with Crippen molar-refractivity contribution in [1.29, 1.82) is 0 Å². The number of likely N-dealkylation sites (tertiary alicyclic amines) is 1. The first kappa shape index (κ1) is 22.1. The zero-order valence-electron chi connectivity index (χ0n) is 17.2. The van der Waals surface area contributed by atoms with Gasteiger partial charge in [-0.15, -0.1) is 0 Å². The van der Waals surface area contributed by atoms with Crippen molar-refractivity contribution in [1.82, 2.24) is 4.90 Å². The van der Waals surface area contributed by atoms with Crippen LogP contribution in [0, 0.1) is 5.92 Å². The van der Waals surface area contributed by atoms with E-state index in [4.69, 9.17) is 13.9 Å². The van der Waals surface area contributed by atoms with E-state index in [-0.39, 0.29) is 25.4 Å². The number of ether oxygens (including phenoxy) is 2. The number of furan rings is 1. The Morgan fingerprint density at radius 1 is 1.16 bits per heavy atom. The van der Waals surface area contributed by atoms with Crippen molar-refractivity contribution >= 4 is 29.4 Å². The first-order valence-electron chi connectivity index (χ1n) is 10.00. The second-order valence-corrected chi connectivity index (χ2v) is 7.12. The molecule has 1 aliphatic rings. The third-order valence-corrected chi connectivity index (χ3v) is 4.66. The van der Waals surface area contributed by atoms with E-state index >= 15 is 0 Å². The fourth-order valence-electron chi connectivity index (χ4n) is 3.09. The van der Waals surface area contributed by atoms with Crippen LogP contribution < -0.4 is 5.32 Å². The molecule has 1 aliphatic heterocycles. The molecule has 0 aliphatic carbocycles. The van der Waals surface area contributed by atoms with E-state index in [1.54, 1.807) is 24.3 Å². The lowest BCUT2D eigenvalue weighted by Gasteiger charge is -2.14. The summed E-state index contributed by atoms with van der Waals surface area (Å²) in [4.78, 5) is 49.7. The number of nitrogens with zero attached hydrogens (tertiary/aromatic N) is 1. The molecule has 9 nitrogen and oxygen atoms in total. The van der Waals surface area contributed by atoms with Crippen molar-refractivity contribution in [2.45, 2.75) is 26.3 Å². The Labute approximate surface area is 179 Å². The molecule has 9 heteroatoms. The van der Waals surface area contributed by atoms with Gasteiger partial charge in [0.1, 0.15) is 5.76 Å². The molecule has 1 aromatic carbocycles. The van der Waals surface area contributed by atoms with E-state index < -0.39 is 30.4 Å². The van der Waals surface area contributed by atoms with E-state index in [1.165, 1.54) is 23.3 Å². The van der Waals surface area contributed by atoms with E-state index in [0.29, 0.717) is 23.6 Å². The van der Waals surface area contributed by atoms with Crippen molar-refractivity contribution in [2.75, 3.05) is 25.1 Å². The van der Waals surface area contributed by atoms with Crippen molar-refractivity contribution in [3.63, 3.8) is 0 Å². The van der Waals surface area contributed by atoms with Gasteiger partial charge in [0.15, 0.2) is 6.61 Å². The molecular weight excluding hydrogens is 404 g/mol. The number of rotatable bonds is 9. The minimum atomic E-state index is -0.622. The molecule has 1 saturated heterocycles. The van der Waals surface area contributed by atoms with Crippen molar-refractivity contribution in [3.8, 4) is 0 Å². The summed E-state index contributed by atoms with van der Waals surface area (Å²) in [6.45, 7) is 2.28. The highest BCUT2D eigenvalue weighted by atomic mass is 16.5. The van der Waals surface area contributed by atoms with E-state index in [9.17, 15) is 19.2 Å². The number of esters is 2. The lowest BCUT2D eigenvalue weighted by molar-refractivity contribution is -0.151. The number of anilines is 1. The highest BCUT2D eigenvalue weighted by molar-refractivity contribution is 5.95. The Morgan fingerprint density at radius 3 is 2.61 bits per heavy atom. The predicted octanol–water partition coefficient (Wildman–Crippen LogP) is 2.38. The minimum absolute atomic E-state index is 0.0384. The van der Waals surface area contributed by atoms with E-state index in [2.05, 4.69) is 5.32 Å². The average molecular weight is 428 g/mol. The summed E-state index contributed by atoms with van der Waals surface area (Å²) in [5.74, 6) is -1.71. The Morgan fingerprint density at radius 2 is 1.94 bits per heavy atom. The molecule has 1 fully saturated rings. The number of hydrogen-bond donors (Lipinski definition) is 1. The lowest BCUT2D eigenvalue weighted by Crippen LogP contribution is -2.28. The van der Waals surface area contributed by atoms with Gasteiger partial charge in [0.05, 0.1) is 30.9 Å². The molecule has 0 radical (unpaired) electrons. The molecule has 1 atom stereocenters. The maximum Gasteiger partial charge on any atom is 0.338 e. The maximum absolute atomic E-state index is 12.2. The molecule has 2 amide bonds. The second-order valence-electron chi connectivity index (χ2n) is 7.12. The molecule has 164 valence electrons. The van der Waals surface area contributed by atoms with Crippen LogP contribution in [0.25, 0.3) is 0 Å². The van der Waals surface area contributed by atoms with Crippen LogP contribution in [0.1, 0.15) is 35.9 Å².